The van der Waals surface area contributed by atoms with Gasteiger partial charge in [-0.3, -0.25) is 9.59 Å². The number of benzene rings is 3. The lowest BCUT2D eigenvalue weighted by Crippen LogP contribution is -2.18. The molecule has 27 heavy (non-hydrogen) atoms. The fourth-order valence-electron chi connectivity index (χ4n) is 3.05. The minimum atomic E-state index is -0.363. The third-order valence-electron chi connectivity index (χ3n) is 4.42. The Morgan fingerprint density at radius 2 is 1.63 bits per heavy atom. The highest BCUT2D eigenvalue weighted by Crippen LogP contribution is 2.29. The first kappa shape index (κ1) is 17.3. The molecule has 0 saturated carbocycles. The van der Waals surface area contributed by atoms with Gasteiger partial charge in [0.1, 0.15) is 16.9 Å². The zero-order valence-electron chi connectivity index (χ0n) is 14.5. The Labute approximate surface area is 160 Å². The van der Waals surface area contributed by atoms with Crippen LogP contribution in [0.4, 0.5) is 0 Å². The van der Waals surface area contributed by atoms with E-state index in [1.54, 1.807) is 60.7 Å². The van der Waals surface area contributed by atoms with Crippen LogP contribution in [-0.2, 0) is 0 Å². The van der Waals surface area contributed by atoms with Gasteiger partial charge in [-0.25, -0.2) is 0 Å². The minimum Gasteiger partial charge on any atom is -0.455 e. The molecule has 3 aromatic carbocycles. The smallest absolute Gasteiger partial charge is 0.204 e. The Bertz CT molecular complexity index is 1210. The maximum absolute atomic E-state index is 13.2. The molecule has 0 atom stereocenters. The summed E-state index contributed by atoms with van der Waals surface area (Å²) in [6, 6.07) is 21.0. The molecule has 132 valence electrons. The largest absolute Gasteiger partial charge is 0.455 e. The van der Waals surface area contributed by atoms with Crippen molar-refractivity contribution in [3.05, 3.63) is 105 Å². The first-order valence-electron chi connectivity index (χ1n) is 8.48. The maximum Gasteiger partial charge on any atom is 0.204 e. The Kier molecular flexibility index (Phi) is 4.38. The molecule has 0 saturated heterocycles. The predicted octanol–water partition coefficient (Wildman–Crippen LogP) is 5.65. The van der Waals surface area contributed by atoms with E-state index >= 15 is 0 Å². The molecule has 0 bridgehead atoms. The topological polar surface area (TPSA) is 47.3 Å². The second-order valence-corrected chi connectivity index (χ2v) is 6.77. The molecule has 0 aliphatic rings. The molecular formula is C23H15ClO3. The Balaban J connectivity index is 2.06. The monoisotopic (exact) mass is 374 g/mol. The first-order chi connectivity index (χ1) is 13.0. The van der Waals surface area contributed by atoms with Gasteiger partial charge in [0.25, 0.3) is 0 Å². The van der Waals surface area contributed by atoms with Gasteiger partial charge in [-0.15, -0.1) is 0 Å². The molecule has 0 aliphatic heterocycles. The van der Waals surface area contributed by atoms with Crippen LogP contribution in [0.25, 0.3) is 22.3 Å². The van der Waals surface area contributed by atoms with Gasteiger partial charge in [-0.05, 0) is 43.3 Å². The van der Waals surface area contributed by atoms with E-state index in [1.807, 2.05) is 19.1 Å². The summed E-state index contributed by atoms with van der Waals surface area (Å²) in [5.41, 5.74) is 2.12. The summed E-state index contributed by atoms with van der Waals surface area (Å²) in [6.07, 6.45) is 0. The fourth-order valence-corrected chi connectivity index (χ4v) is 3.18. The molecule has 4 aromatic rings. The van der Waals surface area contributed by atoms with Gasteiger partial charge in [-0.2, -0.15) is 0 Å². The van der Waals surface area contributed by atoms with Gasteiger partial charge in [0.05, 0.1) is 5.39 Å². The lowest BCUT2D eigenvalue weighted by Gasteiger charge is -2.10. The first-order valence-corrected chi connectivity index (χ1v) is 8.85. The van der Waals surface area contributed by atoms with Crippen LogP contribution in [0.5, 0.6) is 0 Å². The molecule has 0 aliphatic carbocycles. The van der Waals surface area contributed by atoms with E-state index in [1.165, 1.54) is 0 Å². The second kappa shape index (κ2) is 6.86. The van der Waals surface area contributed by atoms with Gasteiger partial charge in [0.15, 0.2) is 0 Å². The number of aryl methyl sites for hydroxylation is 1. The summed E-state index contributed by atoms with van der Waals surface area (Å²) in [6.45, 7) is 1.89. The molecular weight excluding hydrogens is 360 g/mol. The molecule has 0 radical (unpaired) electrons. The summed E-state index contributed by atoms with van der Waals surface area (Å²) in [4.78, 5) is 26.4. The van der Waals surface area contributed by atoms with Crippen molar-refractivity contribution < 1.29 is 9.21 Å². The molecule has 3 nitrogen and oxygen atoms in total. The van der Waals surface area contributed by atoms with Crippen molar-refractivity contribution in [2.45, 2.75) is 6.92 Å². The van der Waals surface area contributed by atoms with Gasteiger partial charge in [0, 0.05) is 16.1 Å². The molecule has 0 unspecified atom stereocenters. The zero-order valence-corrected chi connectivity index (χ0v) is 15.3. The lowest BCUT2D eigenvalue weighted by atomic mass is 9.97. The third-order valence-corrected chi connectivity index (χ3v) is 4.67. The number of ketones is 1. The van der Waals surface area contributed by atoms with Gasteiger partial charge >= 0.3 is 0 Å². The van der Waals surface area contributed by atoms with Crippen LogP contribution in [0, 0.1) is 6.92 Å². The summed E-state index contributed by atoms with van der Waals surface area (Å²) in [5, 5.41) is 0.959. The van der Waals surface area contributed by atoms with E-state index in [9.17, 15) is 9.59 Å². The number of rotatable bonds is 3. The van der Waals surface area contributed by atoms with Crippen LogP contribution in [0.1, 0.15) is 21.5 Å². The molecule has 4 heteroatoms. The van der Waals surface area contributed by atoms with Crippen molar-refractivity contribution in [2.24, 2.45) is 0 Å². The lowest BCUT2D eigenvalue weighted by molar-refractivity contribution is 0.103. The summed E-state index contributed by atoms with van der Waals surface area (Å²) in [7, 11) is 0. The summed E-state index contributed by atoms with van der Waals surface area (Å²) < 4.78 is 6.03. The summed E-state index contributed by atoms with van der Waals surface area (Å²) in [5.74, 6) is -0.112. The summed E-state index contributed by atoms with van der Waals surface area (Å²) >= 11 is 5.98. The highest BCUT2D eigenvalue weighted by atomic mass is 35.5. The Morgan fingerprint density at radius 1 is 0.926 bits per heavy atom. The van der Waals surface area contributed by atoms with Crippen molar-refractivity contribution in [3.8, 4) is 11.3 Å². The van der Waals surface area contributed by atoms with Gasteiger partial charge in [0.2, 0.25) is 11.2 Å². The van der Waals surface area contributed by atoms with Gasteiger partial charge < -0.3 is 4.42 Å². The van der Waals surface area contributed by atoms with Crippen molar-refractivity contribution in [2.75, 3.05) is 0 Å². The number of carbonyl (C=O) groups is 1. The molecule has 4 rings (SSSR count). The maximum atomic E-state index is 13.2. The molecule has 1 aromatic heterocycles. The quantitative estimate of drug-likeness (QED) is 0.435. The molecule has 1 heterocycles. The highest BCUT2D eigenvalue weighted by molar-refractivity contribution is 6.30. The van der Waals surface area contributed by atoms with E-state index in [0.717, 1.165) is 5.56 Å². The average molecular weight is 375 g/mol. The van der Waals surface area contributed by atoms with Crippen molar-refractivity contribution in [3.63, 3.8) is 0 Å². The normalized spacial score (nSPS) is 10.9. The molecule has 0 fully saturated rings. The van der Waals surface area contributed by atoms with E-state index < -0.39 is 0 Å². The van der Waals surface area contributed by atoms with Crippen LogP contribution >= 0.6 is 11.6 Å². The van der Waals surface area contributed by atoms with E-state index in [-0.39, 0.29) is 22.5 Å². The average Bonchev–Trinajstić information content (AvgIpc) is 2.69. The predicted molar refractivity (Wildman–Crippen MR) is 108 cm³/mol. The SMILES string of the molecule is Cc1ccc2oc(-c3ccc(Cl)cc3)c(C(=O)c3ccccc3)c(=O)c2c1. The standard InChI is InChI=1S/C23H15ClO3/c1-14-7-12-19-18(13-14)22(26)20(21(25)15-5-3-2-4-6-15)23(27-19)16-8-10-17(24)11-9-16/h2-13H,1H3. The van der Waals surface area contributed by atoms with E-state index in [2.05, 4.69) is 0 Å². The van der Waals surface area contributed by atoms with E-state index in [0.29, 0.717) is 27.1 Å². The molecule has 0 amide bonds. The van der Waals surface area contributed by atoms with Crippen LogP contribution in [0.3, 0.4) is 0 Å². The van der Waals surface area contributed by atoms with Crippen LogP contribution in [0.15, 0.2) is 82.0 Å². The number of hydrogen-bond donors (Lipinski definition) is 0. The van der Waals surface area contributed by atoms with E-state index in [4.69, 9.17) is 16.0 Å². The third kappa shape index (κ3) is 3.18. The fraction of sp³-hybridized carbons (Fsp3) is 0.0435. The Morgan fingerprint density at radius 3 is 2.33 bits per heavy atom. The van der Waals surface area contributed by atoms with Crippen molar-refractivity contribution >= 4 is 28.4 Å². The van der Waals surface area contributed by atoms with Gasteiger partial charge in [-0.1, -0.05) is 53.6 Å². The molecule has 0 spiro atoms. The number of hydrogen-bond acceptors (Lipinski definition) is 3. The molecule has 0 N–H and O–H groups in total. The number of fused-ring (bicyclic) bond motifs is 1. The van der Waals surface area contributed by atoms with Crippen LogP contribution in [-0.4, -0.2) is 5.78 Å². The minimum absolute atomic E-state index is 0.0293. The van der Waals surface area contributed by atoms with Crippen molar-refractivity contribution in [1.82, 2.24) is 0 Å². The van der Waals surface area contributed by atoms with Crippen molar-refractivity contribution in [1.29, 1.82) is 0 Å². The highest BCUT2D eigenvalue weighted by Gasteiger charge is 2.23. The number of halogens is 1. The Hall–Kier alpha value is -3.17. The number of carbonyl (C=O) groups excluding carboxylic acids is 1. The van der Waals surface area contributed by atoms with Crippen LogP contribution < -0.4 is 5.43 Å². The van der Waals surface area contributed by atoms with Crippen LogP contribution in [0.2, 0.25) is 5.02 Å². The zero-order chi connectivity index (χ0) is 19.0. The second-order valence-electron chi connectivity index (χ2n) is 6.34.